The third kappa shape index (κ3) is 8.19. The highest BCUT2D eigenvalue weighted by atomic mass is 16.3. The van der Waals surface area contributed by atoms with Gasteiger partial charge in [0.2, 0.25) is 0 Å². The fraction of sp³-hybridized carbons (Fsp3) is 0.256. The Balaban J connectivity index is 1.81. The second kappa shape index (κ2) is 15.6. The Labute approximate surface area is 262 Å². The van der Waals surface area contributed by atoms with E-state index in [2.05, 4.69) is 37.5 Å². The maximum Gasteiger partial charge on any atom is 0.185 e. The van der Waals surface area contributed by atoms with E-state index in [0.717, 1.165) is 48.7 Å². The van der Waals surface area contributed by atoms with Gasteiger partial charge >= 0.3 is 0 Å². The topological polar surface area (TPSA) is 64.0 Å². The third-order valence-electron chi connectivity index (χ3n) is 8.00. The molecule has 0 aromatic heterocycles. The number of anilines is 2. The van der Waals surface area contributed by atoms with Crippen molar-refractivity contribution in [1.82, 2.24) is 0 Å². The van der Waals surface area contributed by atoms with Gasteiger partial charge in [-0.15, -0.1) is 0 Å². The maximum atomic E-state index is 14.5. The highest BCUT2D eigenvalue weighted by molar-refractivity contribution is 6.14. The van der Waals surface area contributed by atoms with Crippen LogP contribution in [-0.2, 0) is 17.6 Å². The number of aromatic hydroxyl groups is 2. The molecule has 0 bridgehead atoms. The molecule has 2 N–H and O–H groups in total. The molecular weight excluding hydrogens is 544 g/mol. The van der Waals surface area contributed by atoms with Crippen LogP contribution in [0, 0.1) is 0 Å². The highest BCUT2D eigenvalue weighted by Gasteiger charge is 2.19. The zero-order valence-electron chi connectivity index (χ0n) is 26.3. The van der Waals surface area contributed by atoms with Gasteiger partial charge in [-0.1, -0.05) is 60.7 Å². The van der Waals surface area contributed by atoms with Crippen LogP contribution >= 0.6 is 0 Å². The average molecular weight is 589 g/mol. The second-order valence-electron chi connectivity index (χ2n) is 10.8. The van der Waals surface area contributed by atoms with Crippen LogP contribution in [0.5, 0.6) is 11.5 Å². The van der Waals surface area contributed by atoms with Gasteiger partial charge in [0.15, 0.2) is 5.78 Å². The van der Waals surface area contributed by atoms with Gasteiger partial charge in [0.1, 0.15) is 11.5 Å². The van der Waals surface area contributed by atoms with Crippen molar-refractivity contribution >= 4 is 29.3 Å². The smallest absolute Gasteiger partial charge is 0.185 e. The van der Waals surface area contributed by atoms with Crippen LogP contribution in [0.3, 0.4) is 0 Å². The van der Waals surface area contributed by atoms with Gasteiger partial charge in [-0.05, 0) is 75.2 Å². The molecule has 0 amide bonds. The van der Waals surface area contributed by atoms with Crippen LogP contribution in [0.15, 0.2) is 108 Å². The average Bonchev–Trinajstić information content (AvgIpc) is 3.04. The summed E-state index contributed by atoms with van der Waals surface area (Å²) in [5.41, 5.74) is 6.17. The first kappa shape index (κ1) is 32.2. The van der Waals surface area contributed by atoms with Crippen LogP contribution in [-0.4, -0.2) is 42.2 Å². The standard InChI is InChI=1S/C39H44N2O3/c1-5-40(6-2)35-21-19-31(37(42)27-35)25-33(23-29-15-11-9-12-16-29)39(44)34(24-30-17-13-10-14-18-30)26-32-20-22-36(28-38(32)43)41(7-3)8-4/h9-22,25-28,42-43H,5-8,23-24H2,1-4H3. The van der Waals surface area contributed by atoms with E-state index in [1.165, 1.54) is 0 Å². The first-order valence-electron chi connectivity index (χ1n) is 15.6. The van der Waals surface area contributed by atoms with E-state index in [1.807, 2.05) is 84.9 Å². The van der Waals surface area contributed by atoms with Crippen molar-refractivity contribution in [3.05, 3.63) is 130 Å². The SMILES string of the molecule is CCN(CC)c1ccc(C=C(Cc2ccccc2)C(=O)C(=Cc2ccc(N(CC)CC)cc2O)Cc2ccccc2)c(O)c1. The Morgan fingerprint density at radius 3 is 1.25 bits per heavy atom. The maximum absolute atomic E-state index is 14.5. The molecule has 0 aliphatic carbocycles. The second-order valence-corrected chi connectivity index (χ2v) is 10.8. The van der Waals surface area contributed by atoms with Gasteiger partial charge in [0, 0.05) is 84.8 Å². The van der Waals surface area contributed by atoms with Crippen molar-refractivity contribution < 1.29 is 15.0 Å². The van der Waals surface area contributed by atoms with Crippen molar-refractivity contribution in [2.45, 2.75) is 40.5 Å². The number of benzene rings is 4. The van der Waals surface area contributed by atoms with Gasteiger partial charge in [0.25, 0.3) is 0 Å². The first-order valence-corrected chi connectivity index (χ1v) is 15.6. The zero-order valence-corrected chi connectivity index (χ0v) is 26.3. The lowest BCUT2D eigenvalue weighted by molar-refractivity contribution is -0.112. The molecule has 0 saturated heterocycles. The van der Waals surface area contributed by atoms with Crippen molar-refractivity contribution in [1.29, 1.82) is 0 Å². The van der Waals surface area contributed by atoms with Gasteiger partial charge < -0.3 is 20.0 Å². The number of rotatable bonds is 14. The van der Waals surface area contributed by atoms with Crippen LogP contribution in [0.25, 0.3) is 12.2 Å². The van der Waals surface area contributed by atoms with E-state index in [0.29, 0.717) is 35.1 Å². The highest BCUT2D eigenvalue weighted by Crippen LogP contribution is 2.31. The summed E-state index contributed by atoms with van der Waals surface area (Å²) in [5, 5.41) is 22.1. The van der Waals surface area contributed by atoms with E-state index in [1.54, 1.807) is 24.3 Å². The first-order chi connectivity index (χ1) is 21.4. The Morgan fingerprint density at radius 1 is 0.568 bits per heavy atom. The molecule has 0 radical (unpaired) electrons. The Bertz CT molecular complexity index is 1470. The fourth-order valence-electron chi connectivity index (χ4n) is 5.49. The van der Waals surface area contributed by atoms with E-state index in [-0.39, 0.29) is 17.3 Å². The quantitative estimate of drug-likeness (QED) is 0.145. The van der Waals surface area contributed by atoms with Crippen molar-refractivity contribution in [3.63, 3.8) is 0 Å². The molecule has 4 aromatic carbocycles. The molecule has 0 heterocycles. The number of phenolic OH excluding ortho intramolecular Hbond substituents is 2. The predicted octanol–water partition coefficient (Wildman–Crippen LogP) is 8.31. The monoisotopic (exact) mass is 588 g/mol. The number of ketones is 1. The normalized spacial score (nSPS) is 11.8. The summed E-state index contributed by atoms with van der Waals surface area (Å²) in [6.45, 7) is 11.7. The molecule has 0 spiro atoms. The molecule has 4 aromatic rings. The molecule has 228 valence electrons. The Morgan fingerprint density at radius 2 is 0.932 bits per heavy atom. The summed E-state index contributed by atoms with van der Waals surface area (Å²) < 4.78 is 0. The summed E-state index contributed by atoms with van der Waals surface area (Å²) in [6.07, 6.45) is 4.41. The number of hydrogen-bond donors (Lipinski definition) is 2. The predicted molar refractivity (Wildman–Crippen MR) is 185 cm³/mol. The van der Waals surface area contributed by atoms with Crippen molar-refractivity contribution in [2.24, 2.45) is 0 Å². The minimum Gasteiger partial charge on any atom is -0.507 e. The minimum absolute atomic E-state index is 0.128. The van der Waals surface area contributed by atoms with Gasteiger partial charge in [0.05, 0.1) is 0 Å². The van der Waals surface area contributed by atoms with E-state index in [9.17, 15) is 15.0 Å². The number of carbonyl (C=O) groups excluding carboxylic acids is 1. The van der Waals surface area contributed by atoms with E-state index >= 15 is 0 Å². The van der Waals surface area contributed by atoms with Crippen LogP contribution in [0.4, 0.5) is 11.4 Å². The summed E-state index contributed by atoms with van der Waals surface area (Å²) in [6, 6.07) is 31.0. The van der Waals surface area contributed by atoms with E-state index < -0.39 is 0 Å². The molecule has 0 atom stereocenters. The van der Waals surface area contributed by atoms with Gasteiger partial charge in [-0.25, -0.2) is 0 Å². The molecule has 0 aliphatic heterocycles. The number of nitrogens with zero attached hydrogens (tertiary/aromatic N) is 2. The summed E-state index contributed by atoms with van der Waals surface area (Å²) in [5.74, 6) is 0.133. The van der Waals surface area contributed by atoms with Gasteiger partial charge in [-0.3, -0.25) is 4.79 Å². The molecule has 4 rings (SSSR count). The van der Waals surface area contributed by atoms with E-state index in [4.69, 9.17) is 0 Å². The summed E-state index contributed by atoms with van der Waals surface area (Å²) in [7, 11) is 0. The van der Waals surface area contributed by atoms with Crippen LogP contribution in [0.1, 0.15) is 49.9 Å². The van der Waals surface area contributed by atoms with Crippen molar-refractivity contribution in [3.8, 4) is 11.5 Å². The molecule has 0 fully saturated rings. The number of Topliss-reactive ketones (excluding diaryl/α,β-unsaturated/α-hetero) is 1. The zero-order chi connectivity index (χ0) is 31.5. The minimum atomic E-state index is -0.128. The Kier molecular flexibility index (Phi) is 11.4. The molecule has 0 unspecified atom stereocenters. The van der Waals surface area contributed by atoms with Crippen molar-refractivity contribution in [2.75, 3.05) is 36.0 Å². The molecule has 5 heteroatoms. The lowest BCUT2D eigenvalue weighted by Gasteiger charge is -2.21. The van der Waals surface area contributed by atoms with Crippen LogP contribution < -0.4 is 9.80 Å². The fourth-order valence-corrected chi connectivity index (χ4v) is 5.49. The number of carbonyl (C=O) groups is 1. The molecular formula is C39H44N2O3. The largest absolute Gasteiger partial charge is 0.507 e. The van der Waals surface area contributed by atoms with Gasteiger partial charge in [-0.2, -0.15) is 0 Å². The number of hydrogen-bond acceptors (Lipinski definition) is 5. The lowest BCUT2D eigenvalue weighted by Crippen LogP contribution is -2.21. The molecule has 5 nitrogen and oxygen atoms in total. The lowest BCUT2D eigenvalue weighted by atomic mass is 9.90. The molecule has 44 heavy (non-hydrogen) atoms. The third-order valence-corrected chi connectivity index (χ3v) is 8.00. The number of allylic oxidation sites excluding steroid dienone is 2. The summed E-state index contributed by atoms with van der Waals surface area (Å²) >= 11 is 0. The number of phenols is 2. The van der Waals surface area contributed by atoms with Crippen LogP contribution in [0.2, 0.25) is 0 Å². The molecule has 0 aliphatic rings. The molecule has 0 saturated carbocycles. The summed E-state index contributed by atoms with van der Waals surface area (Å²) in [4.78, 5) is 18.8. The Hall–Kier alpha value is -4.77.